The quantitative estimate of drug-likeness (QED) is 0.433. The van der Waals surface area contributed by atoms with Crippen molar-refractivity contribution in [2.75, 3.05) is 5.73 Å². The molecule has 0 saturated carbocycles. The average molecular weight is 341 g/mol. The van der Waals surface area contributed by atoms with E-state index in [0.717, 1.165) is 11.1 Å². The zero-order valence-corrected chi connectivity index (χ0v) is 13.2. The van der Waals surface area contributed by atoms with Crippen LogP contribution in [-0.2, 0) is 0 Å². The molecule has 5 nitrogen and oxygen atoms in total. The number of thioether (sulfide) groups is 1. The second-order valence-corrected chi connectivity index (χ2v) is 6.45. The summed E-state index contributed by atoms with van der Waals surface area (Å²) in [6.07, 6.45) is 3.15. The lowest BCUT2D eigenvalue weighted by molar-refractivity contribution is 0.614. The van der Waals surface area contributed by atoms with Gasteiger partial charge in [0.05, 0.1) is 22.2 Å². The van der Waals surface area contributed by atoms with Gasteiger partial charge in [-0.1, -0.05) is 35.0 Å². The number of nitrogens with two attached hydrogens (primary N) is 1. The molecule has 2 N–H and O–H groups in total. The minimum absolute atomic E-state index is 0.0123. The minimum Gasteiger partial charge on any atom is -0.461 e. The van der Waals surface area contributed by atoms with Crippen LogP contribution >= 0.6 is 35.0 Å². The van der Waals surface area contributed by atoms with E-state index in [2.05, 4.69) is 15.0 Å². The van der Waals surface area contributed by atoms with Crippen LogP contribution in [0, 0.1) is 0 Å². The molecule has 1 atom stereocenters. The highest BCUT2D eigenvalue weighted by atomic mass is 35.5. The summed E-state index contributed by atoms with van der Waals surface area (Å²) in [6, 6.07) is 3.40. The molecule has 0 aromatic carbocycles. The molecule has 108 valence electrons. The maximum Gasteiger partial charge on any atom is 0.191 e. The molecule has 3 aromatic rings. The maximum atomic E-state index is 6.06. The maximum absolute atomic E-state index is 6.06. The van der Waals surface area contributed by atoms with Crippen molar-refractivity contribution in [3.63, 3.8) is 0 Å². The van der Waals surface area contributed by atoms with Gasteiger partial charge in [-0.3, -0.25) is 4.98 Å². The van der Waals surface area contributed by atoms with E-state index in [0.29, 0.717) is 26.7 Å². The van der Waals surface area contributed by atoms with Crippen molar-refractivity contribution in [2.45, 2.75) is 17.3 Å². The van der Waals surface area contributed by atoms with E-state index in [-0.39, 0.29) is 5.25 Å². The summed E-state index contributed by atoms with van der Waals surface area (Å²) in [5.74, 6) is 0.339. The van der Waals surface area contributed by atoms with E-state index in [9.17, 15) is 0 Å². The first-order valence-corrected chi connectivity index (χ1v) is 7.66. The predicted octanol–water partition coefficient (Wildman–Crippen LogP) is 4.36. The van der Waals surface area contributed by atoms with Crippen molar-refractivity contribution in [3.8, 4) is 0 Å². The molecule has 3 rings (SSSR count). The van der Waals surface area contributed by atoms with Gasteiger partial charge in [-0.25, -0.2) is 9.97 Å². The van der Waals surface area contributed by atoms with E-state index in [4.69, 9.17) is 33.4 Å². The van der Waals surface area contributed by atoms with E-state index in [1.165, 1.54) is 24.1 Å². The van der Waals surface area contributed by atoms with E-state index < -0.39 is 0 Å². The molecule has 0 fully saturated rings. The van der Waals surface area contributed by atoms with E-state index >= 15 is 0 Å². The van der Waals surface area contributed by atoms with Gasteiger partial charge in [0.1, 0.15) is 17.2 Å². The fourth-order valence-corrected chi connectivity index (χ4v) is 3.13. The Morgan fingerprint density at radius 2 is 2.10 bits per heavy atom. The molecule has 0 spiro atoms. The van der Waals surface area contributed by atoms with Crippen LogP contribution in [0.25, 0.3) is 11.0 Å². The number of anilines is 1. The highest BCUT2D eigenvalue weighted by Gasteiger charge is 2.14. The van der Waals surface area contributed by atoms with Gasteiger partial charge in [-0.2, -0.15) is 0 Å². The number of rotatable bonds is 3. The van der Waals surface area contributed by atoms with Crippen molar-refractivity contribution < 1.29 is 4.42 Å². The van der Waals surface area contributed by atoms with Crippen molar-refractivity contribution in [2.24, 2.45) is 0 Å². The van der Waals surface area contributed by atoms with E-state index in [1.54, 1.807) is 6.20 Å². The van der Waals surface area contributed by atoms with Gasteiger partial charge in [0.15, 0.2) is 10.7 Å². The third-order valence-corrected chi connectivity index (χ3v) is 4.30. The third kappa shape index (κ3) is 3.07. The molecule has 3 heterocycles. The van der Waals surface area contributed by atoms with Crippen molar-refractivity contribution in [1.82, 2.24) is 15.0 Å². The summed E-state index contributed by atoms with van der Waals surface area (Å²) in [6.45, 7) is 1.99. The van der Waals surface area contributed by atoms with Gasteiger partial charge in [-0.05, 0) is 13.0 Å². The molecule has 8 heteroatoms. The number of pyridine rings is 1. The predicted molar refractivity (Wildman–Crippen MR) is 84.7 cm³/mol. The monoisotopic (exact) mass is 340 g/mol. The molecule has 0 aliphatic carbocycles. The Kier molecular flexibility index (Phi) is 3.93. The molecule has 0 aliphatic heterocycles. The van der Waals surface area contributed by atoms with Crippen LogP contribution in [0.4, 0.5) is 5.82 Å². The number of hydrogen-bond donors (Lipinski definition) is 1. The van der Waals surface area contributed by atoms with Gasteiger partial charge in [0.25, 0.3) is 0 Å². The zero-order chi connectivity index (χ0) is 15.0. The Hall–Kier alpha value is -1.50. The summed E-state index contributed by atoms with van der Waals surface area (Å²) >= 11 is 13.4. The molecule has 0 radical (unpaired) electrons. The Morgan fingerprint density at radius 3 is 2.86 bits per heavy atom. The van der Waals surface area contributed by atoms with Gasteiger partial charge < -0.3 is 10.2 Å². The molecule has 0 bridgehead atoms. The molecule has 0 aliphatic rings. The Labute approximate surface area is 134 Å². The number of nitrogen functional groups attached to an aromatic ring is 1. The van der Waals surface area contributed by atoms with Crippen LogP contribution in [0.5, 0.6) is 0 Å². The summed E-state index contributed by atoms with van der Waals surface area (Å²) in [5.41, 5.74) is 7.16. The van der Waals surface area contributed by atoms with Gasteiger partial charge in [-0.15, -0.1) is 0 Å². The van der Waals surface area contributed by atoms with Crippen LogP contribution < -0.4 is 5.73 Å². The number of aromatic nitrogens is 3. The summed E-state index contributed by atoms with van der Waals surface area (Å²) in [5, 5.41) is 2.24. The molecular formula is C13H10Cl2N4OS. The van der Waals surface area contributed by atoms with Crippen molar-refractivity contribution in [1.29, 1.82) is 0 Å². The molecule has 0 saturated heterocycles. The van der Waals surface area contributed by atoms with Crippen LogP contribution in [0.2, 0.25) is 10.2 Å². The molecule has 21 heavy (non-hydrogen) atoms. The topological polar surface area (TPSA) is 77.8 Å². The lowest BCUT2D eigenvalue weighted by Gasteiger charge is -2.10. The van der Waals surface area contributed by atoms with Gasteiger partial charge in [0, 0.05) is 11.5 Å². The summed E-state index contributed by atoms with van der Waals surface area (Å²) in [4.78, 5) is 12.6. The number of fused-ring (bicyclic) bond motifs is 1. The first-order chi connectivity index (χ1) is 10.0. The van der Waals surface area contributed by atoms with Crippen molar-refractivity contribution >= 4 is 51.8 Å². The Morgan fingerprint density at radius 1 is 1.29 bits per heavy atom. The smallest absolute Gasteiger partial charge is 0.191 e. The highest BCUT2D eigenvalue weighted by Crippen LogP contribution is 2.35. The summed E-state index contributed by atoms with van der Waals surface area (Å²) in [7, 11) is 0. The van der Waals surface area contributed by atoms with Crippen LogP contribution in [0.1, 0.15) is 17.9 Å². The lowest BCUT2D eigenvalue weighted by atomic mass is 10.2. The lowest BCUT2D eigenvalue weighted by Crippen LogP contribution is -1.98. The van der Waals surface area contributed by atoms with Crippen molar-refractivity contribution in [3.05, 3.63) is 40.5 Å². The Balaban J connectivity index is 1.89. The molecule has 3 aromatic heterocycles. The number of nitrogens with zero attached hydrogens (tertiary/aromatic N) is 3. The first-order valence-electron chi connectivity index (χ1n) is 6.02. The molecule has 1 unspecified atom stereocenters. The highest BCUT2D eigenvalue weighted by molar-refractivity contribution is 7.99. The fraction of sp³-hybridized carbons (Fsp3) is 0.154. The second kappa shape index (κ2) is 5.71. The van der Waals surface area contributed by atoms with Gasteiger partial charge in [0.2, 0.25) is 0 Å². The molecule has 0 amide bonds. The average Bonchev–Trinajstić information content (AvgIpc) is 2.79. The SMILES string of the molecule is CC(Sc1nc(N)cc(Cl)n1)c1cc2c(Cl)coc2cn1. The number of furan rings is 1. The van der Waals surface area contributed by atoms with E-state index in [1.807, 2.05) is 13.0 Å². The van der Waals surface area contributed by atoms with Crippen LogP contribution in [-0.4, -0.2) is 15.0 Å². The zero-order valence-electron chi connectivity index (χ0n) is 10.9. The van der Waals surface area contributed by atoms with Crippen LogP contribution in [0.15, 0.2) is 34.2 Å². The number of hydrogen-bond acceptors (Lipinski definition) is 6. The standard InChI is InChI=1S/C13H10Cl2N4OS/c1-6(21-13-18-11(15)3-12(16)19-13)9-2-7-8(14)5-20-10(7)4-17-9/h2-6H,1H3,(H2,16,18,19). The minimum atomic E-state index is 0.0123. The third-order valence-electron chi connectivity index (χ3n) is 2.83. The first kappa shape index (κ1) is 14.4. The Bertz CT molecular complexity index is 788. The summed E-state index contributed by atoms with van der Waals surface area (Å²) < 4.78 is 5.27. The van der Waals surface area contributed by atoms with Crippen LogP contribution in [0.3, 0.4) is 0 Å². The molecular weight excluding hydrogens is 331 g/mol. The normalized spacial score (nSPS) is 12.7. The fourth-order valence-electron chi connectivity index (χ4n) is 1.83. The second-order valence-electron chi connectivity index (χ2n) is 4.35. The van der Waals surface area contributed by atoms with Gasteiger partial charge >= 0.3 is 0 Å². The number of halogens is 2. The largest absolute Gasteiger partial charge is 0.461 e.